The maximum absolute atomic E-state index is 11.0. The van der Waals surface area contributed by atoms with Crippen molar-refractivity contribution in [2.45, 2.75) is 6.92 Å². The van der Waals surface area contributed by atoms with Crippen LogP contribution in [0.4, 0.5) is 11.4 Å². The zero-order chi connectivity index (χ0) is 14.5. The topological polar surface area (TPSA) is 53.6 Å². The van der Waals surface area contributed by atoms with Crippen molar-refractivity contribution in [3.05, 3.63) is 23.2 Å². The Morgan fingerprint density at radius 2 is 2.10 bits per heavy atom. The van der Waals surface area contributed by atoms with Crippen molar-refractivity contribution in [1.82, 2.24) is 5.32 Å². The first kappa shape index (κ1) is 15.0. The second-order valence-electron chi connectivity index (χ2n) is 4.37. The molecule has 7 heteroatoms. The molecule has 0 unspecified atom stereocenters. The van der Waals surface area contributed by atoms with Crippen LogP contribution < -0.4 is 15.5 Å². The first-order chi connectivity index (χ1) is 9.58. The third-order valence-electron chi connectivity index (χ3n) is 2.85. The number of carbonyl (C=O) groups excluding carboxylic acids is 1. The van der Waals surface area contributed by atoms with Gasteiger partial charge in [0.1, 0.15) is 0 Å². The number of amides is 1. The van der Waals surface area contributed by atoms with Gasteiger partial charge in [-0.1, -0.05) is 17.7 Å². The number of thiocarbonyl (C=S) groups is 1. The second kappa shape index (κ2) is 6.88. The monoisotopic (exact) mass is 313 g/mol. The maximum Gasteiger partial charge on any atom is 0.222 e. The largest absolute Gasteiger partial charge is 0.378 e. The van der Waals surface area contributed by atoms with E-state index in [0.717, 1.165) is 24.5 Å². The number of ether oxygens (including phenoxy) is 1. The van der Waals surface area contributed by atoms with E-state index < -0.39 is 0 Å². The highest BCUT2D eigenvalue weighted by atomic mass is 35.5. The van der Waals surface area contributed by atoms with Crippen molar-refractivity contribution in [2.75, 3.05) is 36.5 Å². The lowest BCUT2D eigenvalue weighted by Gasteiger charge is -2.31. The summed E-state index contributed by atoms with van der Waals surface area (Å²) in [7, 11) is 0. The van der Waals surface area contributed by atoms with E-state index in [1.54, 1.807) is 0 Å². The van der Waals surface area contributed by atoms with Crippen LogP contribution in [-0.4, -0.2) is 37.3 Å². The third-order valence-corrected chi connectivity index (χ3v) is 3.36. The van der Waals surface area contributed by atoms with Crippen molar-refractivity contribution in [2.24, 2.45) is 0 Å². The highest BCUT2D eigenvalue weighted by molar-refractivity contribution is 7.80. The zero-order valence-corrected chi connectivity index (χ0v) is 12.7. The zero-order valence-electron chi connectivity index (χ0n) is 11.1. The van der Waals surface area contributed by atoms with Gasteiger partial charge in [0.2, 0.25) is 5.91 Å². The number of hydrogen-bond donors (Lipinski definition) is 2. The third kappa shape index (κ3) is 3.82. The fourth-order valence-corrected chi connectivity index (χ4v) is 2.59. The molecule has 1 fully saturated rings. The predicted octanol–water partition coefficient (Wildman–Crippen LogP) is 2.01. The quantitative estimate of drug-likeness (QED) is 0.818. The molecule has 1 aliphatic heterocycles. The Hall–Kier alpha value is -1.37. The SMILES string of the molecule is CC(=O)NC(=S)Nc1cccc(Cl)c1N1CCOCC1. The minimum Gasteiger partial charge on any atom is -0.378 e. The van der Waals surface area contributed by atoms with Crippen LogP contribution in [0.15, 0.2) is 18.2 Å². The van der Waals surface area contributed by atoms with E-state index in [1.165, 1.54) is 6.92 Å². The lowest BCUT2D eigenvalue weighted by molar-refractivity contribution is -0.117. The first-order valence-electron chi connectivity index (χ1n) is 6.27. The van der Waals surface area contributed by atoms with Gasteiger partial charge >= 0.3 is 0 Å². The van der Waals surface area contributed by atoms with Gasteiger partial charge in [-0.15, -0.1) is 0 Å². The van der Waals surface area contributed by atoms with Crippen LogP contribution >= 0.6 is 23.8 Å². The van der Waals surface area contributed by atoms with E-state index >= 15 is 0 Å². The smallest absolute Gasteiger partial charge is 0.222 e. The molecule has 5 nitrogen and oxygen atoms in total. The summed E-state index contributed by atoms with van der Waals surface area (Å²) in [6.45, 7) is 4.28. The van der Waals surface area contributed by atoms with Crippen LogP contribution in [0.5, 0.6) is 0 Å². The molecular formula is C13H16ClN3O2S. The van der Waals surface area contributed by atoms with Gasteiger partial charge in [0.05, 0.1) is 29.6 Å². The van der Waals surface area contributed by atoms with Crippen molar-refractivity contribution < 1.29 is 9.53 Å². The Morgan fingerprint density at radius 3 is 2.75 bits per heavy atom. The molecule has 1 aromatic carbocycles. The molecule has 1 aromatic rings. The van der Waals surface area contributed by atoms with Crippen LogP contribution in [0.3, 0.4) is 0 Å². The van der Waals surface area contributed by atoms with Crippen molar-refractivity contribution in [1.29, 1.82) is 0 Å². The number of benzene rings is 1. The number of nitrogens with zero attached hydrogens (tertiary/aromatic N) is 1. The molecule has 0 atom stereocenters. The molecule has 0 radical (unpaired) electrons. The minimum atomic E-state index is -0.211. The fourth-order valence-electron chi connectivity index (χ4n) is 2.04. The van der Waals surface area contributed by atoms with Crippen LogP contribution in [0.2, 0.25) is 5.02 Å². The normalized spacial score (nSPS) is 14.8. The molecule has 1 saturated heterocycles. The first-order valence-corrected chi connectivity index (χ1v) is 7.06. The number of halogens is 1. The van der Waals surface area contributed by atoms with Gasteiger partial charge in [-0.25, -0.2) is 0 Å². The van der Waals surface area contributed by atoms with E-state index in [4.69, 9.17) is 28.6 Å². The van der Waals surface area contributed by atoms with Gasteiger partial charge < -0.3 is 20.3 Å². The second-order valence-corrected chi connectivity index (χ2v) is 5.19. The van der Waals surface area contributed by atoms with Crippen molar-refractivity contribution in [3.8, 4) is 0 Å². The Balaban J connectivity index is 2.21. The van der Waals surface area contributed by atoms with Gasteiger partial charge in [0.15, 0.2) is 5.11 Å². The summed E-state index contributed by atoms with van der Waals surface area (Å²) in [5.74, 6) is -0.211. The highest BCUT2D eigenvalue weighted by Crippen LogP contribution is 2.34. The molecule has 2 N–H and O–H groups in total. The molecule has 108 valence electrons. The summed E-state index contributed by atoms with van der Waals surface area (Å²) in [6.07, 6.45) is 0. The Morgan fingerprint density at radius 1 is 1.40 bits per heavy atom. The van der Waals surface area contributed by atoms with Gasteiger partial charge in [-0.05, 0) is 24.4 Å². The number of rotatable bonds is 2. The summed E-state index contributed by atoms with van der Waals surface area (Å²) < 4.78 is 5.35. The fraction of sp³-hybridized carbons (Fsp3) is 0.385. The van der Waals surface area contributed by atoms with E-state index in [0.29, 0.717) is 18.2 Å². The predicted molar refractivity (Wildman–Crippen MR) is 84.5 cm³/mol. The number of morpholine rings is 1. The van der Waals surface area contributed by atoms with E-state index in [2.05, 4.69) is 15.5 Å². The Bertz CT molecular complexity index is 518. The van der Waals surface area contributed by atoms with Gasteiger partial charge in [0, 0.05) is 20.0 Å². The van der Waals surface area contributed by atoms with Crippen LogP contribution in [0.1, 0.15) is 6.92 Å². The van der Waals surface area contributed by atoms with Crippen LogP contribution in [0, 0.1) is 0 Å². The van der Waals surface area contributed by atoms with Crippen molar-refractivity contribution in [3.63, 3.8) is 0 Å². The average Bonchev–Trinajstić information content (AvgIpc) is 2.39. The molecule has 0 saturated carbocycles. The molecule has 1 aliphatic rings. The summed E-state index contributed by atoms with van der Waals surface area (Å²) in [5, 5.41) is 6.45. The lowest BCUT2D eigenvalue weighted by Crippen LogP contribution is -2.38. The Labute approximate surface area is 128 Å². The molecule has 0 aliphatic carbocycles. The van der Waals surface area contributed by atoms with E-state index in [9.17, 15) is 4.79 Å². The summed E-state index contributed by atoms with van der Waals surface area (Å²) >= 11 is 11.4. The van der Waals surface area contributed by atoms with Crippen LogP contribution in [0.25, 0.3) is 0 Å². The van der Waals surface area contributed by atoms with E-state index in [-0.39, 0.29) is 11.0 Å². The molecule has 0 aromatic heterocycles. The van der Waals surface area contributed by atoms with Gasteiger partial charge in [-0.2, -0.15) is 0 Å². The average molecular weight is 314 g/mol. The molecule has 1 amide bonds. The highest BCUT2D eigenvalue weighted by Gasteiger charge is 2.18. The van der Waals surface area contributed by atoms with Crippen LogP contribution in [-0.2, 0) is 9.53 Å². The number of para-hydroxylation sites is 1. The number of carbonyl (C=O) groups is 1. The summed E-state index contributed by atoms with van der Waals surface area (Å²) in [6, 6.07) is 5.55. The maximum atomic E-state index is 11.0. The van der Waals surface area contributed by atoms with Crippen molar-refractivity contribution >= 4 is 46.2 Å². The molecule has 20 heavy (non-hydrogen) atoms. The summed E-state index contributed by atoms with van der Waals surface area (Å²) in [5.41, 5.74) is 1.66. The molecule has 2 rings (SSSR count). The molecule has 0 spiro atoms. The standard InChI is InChI=1S/C13H16ClN3O2S/c1-9(18)15-13(20)16-11-4-2-3-10(14)12(11)17-5-7-19-8-6-17/h2-4H,5-8H2,1H3,(H2,15,16,18,20). The Kier molecular flexibility index (Phi) is 5.17. The lowest BCUT2D eigenvalue weighted by atomic mass is 10.2. The summed E-state index contributed by atoms with van der Waals surface area (Å²) in [4.78, 5) is 13.1. The number of anilines is 2. The minimum absolute atomic E-state index is 0.211. The number of hydrogen-bond acceptors (Lipinski definition) is 4. The molecular weight excluding hydrogens is 298 g/mol. The molecule has 1 heterocycles. The van der Waals surface area contributed by atoms with Gasteiger partial charge in [-0.3, -0.25) is 4.79 Å². The van der Waals surface area contributed by atoms with Gasteiger partial charge in [0.25, 0.3) is 0 Å². The number of nitrogens with one attached hydrogen (secondary N) is 2. The van der Waals surface area contributed by atoms with E-state index in [1.807, 2.05) is 18.2 Å². The molecule has 0 bridgehead atoms.